The monoisotopic (exact) mass is 504 g/mol. The summed E-state index contributed by atoms with van der Waals surface area (Å²) in [6.07, 6.45) is 13.5. The predicted molar refractivity (Wildman–Crippen MR) is 150 cm³/mol. The van der Waals surface area contributed by atoms with Crippen LogP contribution in [0.5, 0.6) is 0 Å². The van der Waals surface area contributed by atoms with Gasteiger partial charge in [-0.25, -0.2) is 14.5 Å². The molecule has 6 aromatic heterocycles. The minimum Gasteiger partial charge on any atom is -0.354 e. The van der Waals surface area contributed by atoms with E-state index in [4.69, 9.17) is 0 Å². The number of aryl methyl sites for hydroxylation is 1. The van der Waals surface area contributed by atoms with Crippen molar-refractivity contribution in [1.29, 1.82) is 0 Å². The summed E-state index contributed by atoms with van der Waals surface area (Å²) in [6, 6.07) is 10.5. The second kappa shape index (κ2) is 9.00. The minimum absolute atomic E-state index is 0.847. The molecule has 0 aromatic carbocycles. The van der Waals surface area contributed by atoms with Crippen LogP contribution in [0.1, 0.15) is 0 Å². The van der Waals surface area contributed by atoms with Gasteiger partial charge in [-0.15, -0.1) is 0 Å². The number of fused-ring (bicyclic) bond motifs is 2. The van der Waals surface area contributed by atoms with Crippen molar-refractivity contribution in [3.8, 4) is 22.3 Å². The molecule has 7 rings (SSSR count). The molecule has 6 aromatic rings. The van der Waals surface area contributed by atoms with E-state index in [-0.39, 0.29) is 0 Å². The van der Waals surface area contributed by atoms with Crippen molar-refractivity contribution >= 4 is 33.7 Å². The molecule has 2 N–H and O–H groups in total. The summed E-state index contributed by atoms with van der Waals surface area (Å²) >= 11 is 0. The lowest BCUT2D eigenvalue weighted by Gasteiger charge is -2.33. The number of rotatable bonds is 5. The molecule has 0 bridgehead atoms. The van der Waals surface area contributed by atoms with Gasteiger partial charge in [0.1, 0.15) is 11.5 Å². The average molecular weight is 505 g/mol. The Morgan fingerprint density at radius 3 is 2.58 bits per heavy atom. The number of nitrogens with zero attached hydrogens (tertiary/aromatic N) is 8. The molecule has 0 amide bonds. The van der Waals surface area contributed by atoms with Crippen molar-refractivity contribution in [2.75, 3.05) is 43.4 Å². The summed E-state index contributed by atoms with van der Waals surface area (Å²) in [4.78, 5) is 17.3. The van der Waals surface area contributed by atoms with Crippen LogP contribution in [0.3, 0.4) is 0 Å². The minimum atomic E-state index is 0.847. The summed E-state index contributed by atoms with van der Waals surface area (Å²) in [7, 11) is 4.08. The van der Waals surface area contributed by atoms with Crippen LogP contribution in [0.25, 0.3) is 38.8 Å². The molecule has 1 aliphatic heterocycles. The topological polar surface area (TPSA) is 95.2 Å². The SMILES string of the molecule is CN1CCN(c2cc(Nc3cnc4[nH]cc(-c5ccn6ncc(-c7cnn(C)c7)c6c5)c4c3)ccn2)CC1. The molecule has 0 atom stereocenters. The molecule has 38 heavy (non-hydrogen) atoms. The summed E-state index contributed by atoms with van der Waals surface area (Å²) in [5.41, 5.74) is 8.07. The number of aromatic amines is 1. The number of piperazine rings is 1. The van der Waals surface area contributed by atoms with Crippen LogP contribution in [0.2, 0.25) is 0 Å². The molecule has 190 valence electrons. The maximum Gasteiger partial charge on any atom is 0.138 e. The van der Waals surface area contributed by atoms with Gasteiger partial charge in [-0.2, -0.15) is 10.2 Å². The van der Waals surface area contributed by atoms with Gasteiger partial charge in [0.2, 0.25) is 0 Å². The van der Waals surface area contributed by atoms with Gasteiger partial charge in [-0.1, -0.05) is 0 Å². The molecule has 10 nitrogen and oxygen atoms in total. The van der Waals surface area contributed by atoms with Crippen LogP contribution in [-0.2, 0) is 7.05 Å². The molecule has 10 heteroatoms. The van der Waals surface area contributed by atoms with Gasteiger partial charge in [0.25, 0.3) is 0 Å². The predicted octanol–water partition coefficient (Wildman–Crippen LogP) is 4.17. The number of aromatic nitrogens is 7. The van der Waals surface area contributed by atoms with Crippen LogP contribution in [0.4, 0.5) is 17.2 Å². The highest BCUT2D eigenvalue weighted by molar-refractivity contribution is 5.97. The van der Waals surface area contributed by atoms with E-state index in [1.165, 1.54) is 0 Å². The first-order valence-electron chi connectivity index (χ1n) is 12.7. The number of hydrogen-bond donors (Lipinski definition) is 2. The molecule has 1 aliphatic rings. The van der Waals surface area contributed by atoms with Gasteiger partial charge < -0.3 is 20.1 Å². The molecular weight excluding hydrogens is 476 g/mol. The summed E-state index contributed by atoms with van der Waals surface area (Å²) < 4.78 is 3.70. The van der Waals surface area contributed by atoms with Crippen LogP contribution in [0.15, 0.2) is 73.7 Å². The summed E-state index contributed by atoms with van der Waals surface area (Å²) in [6.45, 7) is 4.06. The normalized spacial score (nSPS) is 14.5. The van der Waals surface area contributed by atoms with Crippen molar-refractivity contribution in [1.82, 2.24) is 39.2 Å². The van der Waals surface area contributed by atoms with Crippen LogP contribution >= 0.6 is 0 Å². The number of hydrogen-bond acceptors (Lipinski definition) is 7. The first-order chi connectivity index (χ1) is 18.6. The average Bonchev–Trinajstić information content (AvgIpc) is 3.66. The molecule has 0 aliphatic carbocycles. The Kier molecular flexibility index (Phi) is 5.33. The van der Waals surface area contributed by atoms with E-state index in [1.807, 2.05) is 61.0 Å². The molecule has 7 heterocycles. The number of nitrogens with one attached hydrogen (secondary N) is 2. The standard InChI is InChI=1S/C28H28N10/c1-35-7-9-37(10-8-35)27-13-21(3-5-29-27)34-22-12-23-24(16-31-28(23)30-15-22)19-4-6-38-26(11-19)25(17-33-38)20-14-32-36(2)18-20/h3-6,11-18H,7-10H2,1-2H3,(H,29,34)(H,30,31). The molecule has 0 saturated carbocycles. The number of likely N-dealkylation sites (N-methyl/N-ethyl adjacent to an activating group) is 1. The van der Waals surface area contributed by atoms with E-state index in [0.717, 1.165) is 82.2 Å². The van der Waals surface area contributed by atoms with Gasteiger partial charge in [0.05, 0.1) is 29.8 Å². The fourth-order valence-electron chi connectivity index (χ4n) is 5.11. The van der Waals surface area contributed by atoms with Gasteiger partial charge in [-0.3, -0.25) is 4.68 Å². The zero-order valence-electron chi connectivity index (χ0n) is 21.3. The zero-order chi connectivity index (χ0) is 25.6. The van der Waals surface area contributed by atoms with Gasteiger partial charge in [0.15, 0.2) is 0 Å². The number of pyridine rings is 3. The van der Waals surface area contributed by atoms with E-state index in [0.29, 0.717) is 0 Å². The Morgan fingerprint density at radius 1 is 0.842 bits per heavy atom. The Bertz CT molecular complexity index is 1750. The van der Waals surface area contributed by atoms with Crippen LogP contribution in [0, 0.1) is 0 Å². The van der Waals surface area contributed by atoms with Crippen molar-refractivity contribution in [2.24, 2.45) is 7.05 Å². The molecule has 0 radical (unpaired) electrons. The Hall–Kier alpha value is -4.70. The highest BCUT2D eigenvalue weighted by atomic mass is 15.3. The number of anilines is 3. The quantitative estimate of drug-likeness (QED) is 0.364. The maximum atomic E-state index is 4.69. The number of H-pyrrole nitrogens is 1. The van der Waals surface area contributed by atoms with E-state index in [2.05, 4.69) is 71.6 Å². The van der Waals surface area contributed by atoms with Gasteiger partial charge >= 0.3 is 0 Å². The third-order valence-corrected chi connectivity index (χ3v) is 7.24. The van der Waals surface area contributed by atoms with E-state index in [9.17, 15) is 0 Å². The summed E-state index contributed by atoms with van der Waals surface area (Å²) in [5, 5.41) is 13.4. The third kappa shape index (κ3) is 4.04. The third-order valence-electron chi connectivity index (χ3n) is 7.24. The largest absolute Gasteiger partial charge is 0.354 e. The Balaban J connectivity index is 1.20. The second-order valence-electron chi connectivity index (χ2n) is 9.85. The first kappa shape index (κ1) is 22.5. The fraction of sp³-hybridized carbons (Fsp3) is 0.214. The summed E-state index contributed by atoms with van der Waals surface area (Å²) in [5.74, 6) is 0.998. The van der Waals surface area contributed by atoms with Crippen molar-refractivity contribution in [3.63, 3.8) is 0 Å². The van der Waals surface area contributed by atoms with E-state index < -0.39 is 0 Å². The molecule has 1 saturated heterocycles. The molecule has 1 fully saturated rings. The van der Waals surface area contributed by atoms with Crippen LogP contribution in [-0.4, -0.2) is 72.5 Å². The lowest BCUT2D eigenvalue weighted by Crippen LogP contribution is -2.44. The second-order valence-corrected chi connectivity index (χ2v) is 9.85. The molecular formula is C28H28N10. The lowest BCUT2D eigenvalue weighted by molar-refractivity contribution is 0.312. The van der Waals surface area contributed by atoms with Gasteiger partial charge in [0, 0.05) is 91.8 Å². The zero-order valence-corrected chi connectivity index (χ0v) is 21.3. The van der Waals surface area contributed by atoms with Crippen molar-refractivity contribution in [2.45, 2.75) is 0 Å². The fourth-order valence-corrected chi connectivity index (χ4v) is 5.11. The lowest BCUT2D eigenvalue weighted by atomic mass is 10.0. The first-order valence-corrected chi connectivity index (χ1v) is 12.7. The highest BCUT2D eigenvalue weighted by Crippen LogP contribution is 2.33. The van der Waals surface area contributed by atoms with Crippen molar-refractivity contribution < 1.29 is 0 Å². The molecule has 0 unspecified atom stereocenters. The smallest absolute Gasteiger partial charge is 0.138 e. The van der Waals surface area contributed by atoms with E-state index >= 15 is 0 Å². The van der Waals surface area contributed by atoms with Gasteiger partial charge in [-0.05, 0) is 36.9 Å². The Morgan fingerprint density at radius 2 is 1.74 bits per heavy atom. The maximum absolute atomic E-state index is 4.69. The van der Waals surface area contributed by atoms with E-state index in [1.54, 1.807) is 4.68 Å². The highest BCUT2D eigenvalue weighted by Gasteiger charge is 2.16. The van der Waals surface area contributed by atoms with Crippen LogP contribution < -0.4 is 10.2 Å². The van der Waals surface area contributed by atoms with Crippen molar-refractivity contribution in [3.05, 3.63) is 73.7 Å². The Labute approximate surface area is 219 Å². The molecule has 0 spiro atoms.